The molecule has 6 heteroatoms. The van der Waals surface area contributed by atoms with Gasteiger partial charge in [-0.25, -0.2) is 14.3 Å². The van der Waals surface area contributed by atoms with Gasteiger partial charge >= 0.3 is 5.69 Å². The summed E-state index contributed by atoms with van der Waals surface area (Å²) in [6, 6.07) is 7.65. The summed E-state index contributed by atoms with van der Waals surface area (Å²) in [4.78, 5) is 16.4. The van der Waals surface area contributed by atoms with Crippen LogP contribution in [0.15, 0.2) is 29.1 Å². The maximum Gasteiger partial charge on any atom is 0.335 e. The van der Waals surface area contributed by atoms with E-state index in [1.54, 1.807) is 16.2 Å². The number of benzene rings is 1. The number of nitrogens with zero attached hydrogens (tertiary/aromatic N) is 4. The molecular formula is C11H10N4OS. The third-order valence-corrected chi connectivity index (χ3v) is 3.46. The Bertz CT molecular complexity index is 752. The van der Waals surface area contributed by atoms with Gasteiger partial charge in [-0.1, -0.05) is 12.1 Å². The Kier molecular flexibility index (Phi) is 2.12. The lowest BCUT2D eigenvalue weighted by molar-refractivity contribution is 0.841. The number of para-hydroxylation sites is 2. The average Bonchev–Trinajstić information content (AvgIpc) is 2.84. The van der Waals surface area contributed by atoms with Gasteiger partial charge in [0.2, 0.25) is 5.13 Å². The van der Waals surface area contributed by atoms with Crippen molar-refractivity contribution < 1.29 is 0 Å². The number of hydrogen-bond acceptors (Lipinski definition) is 4. The number of rotatable bonds is 1. The van der Waals surface area contributed by atoms with Crippen molar-refractivity contribution in [1.29, 1.82) is 0 Å². The molecule has 0 saturated carbocycles. The normalized spacial score (nSPS) is 11.2. The number of aromatic nitrogens is 4. The van der Waals surface area contributed by atoms with E-state index in [2.05, 4.69) is 9.36 Å². The lowest BCUT2D eigenvalue weighted by Crippen LogP contribution is -2.20. The molecule has 0 radical (unpaired) electrons. The van der Waals surface area contributed by atoms with E-state index in [4.69, 9.17) is 0 Å². The van der Waals surface area contributed by atoms with Crippen molar-refractivity contribution in [3.05, 3.63) is 40.6 Å². The molecule has 0 fully saturated rings. The van der Waals surface area contributed by atoms with E-state index in [1.807, 2.05) is 31.2 Å². The highest BCUT2D eigenvalue weighted by Crippen LogP contribution is 2.17. The van der Waals surface area contributed by atoms with Gasteiger partial charge in [0, 0.05) is 18.6 Å². The number of imidazole rings is 1. The van der Waals surface area contributed by atoms with Crippen molar-refractivity contribution in [3.8, 4) is 5.13 Å². The topological polar surface area (TPSA) is 52.7 Å². The SMILES string of the molecule is Cc1nsc(-n2c(=O)n(C)c3ccccc32)n1. The van der Waals surface area contributed by atoms with Crippen LogP contribution in [0.1, 0.15) is 5.82 Å². The van der Waals surface area contributed by atoms with E-state index in [0.29, 0.717) is 11.0 Å². The zero-order valence-electron chi connectivity index (χ0n) is 9.41. The molecule has 5 nitrogen and oxygen atoms in total. The molecule has 0 aliphatic carbocycles. The fraction of sp³-hybridized carbons (Fsp3) is 0.182. The summed E-state index contributed by atoms with van der Waals surface area (Å²) in [6.07, 6.45) is 0. The van der Waals surface area contributed by atoms with Gasteiger partial charge in [0.1, 0.15) is 5.82 Å². The third-order valence-electron chi connectivity index (χ3n) is 2.67. The van der Waals surface area contributed by atoms with Crippen LogP contribution in [0, 0.1) is 6.92 Å². The van der Waals surface area contributed by atoms with Crippen LogP contribution in [0.3, 0.4) is 0 Å². The first kappa shape index (κ1) is 10.2. The molecule has 86 valence electrons. The number of fused-ring (bicyclic) bond motifs is 1. The minimum absolute atomic E-state index is 0.0950. The fourth-order valence-electron chi connectivity index (χ4n) is 1.85. The van der Waals surface area contributed by atoms with E-state index in [1.165, 1.54) is 11.5 Å². The highest BCUT2D eigenvalue weighted by molar-refractivity contribution is 7.08. The second-order valence-corrected chi connectivity index (χ2v) is 4.52. The quantitative estimate of drug-likeness (QED) is 0.653. The predicted octanol–water partition coefficient (Wildman–Crippen LogP) is 1.49. The second kappa shape index (κ2) is 3.53. The van der Waals surface area contributed by atoms with Crippen molar-refractivity contribution in [2.45, 2.75) is 6.92 Å². The lowest BCUT2D eigenvalue weighted by Gasteiger charge is -1.95. The highest BCUT2D eigenvalue weighted by Gasteiger charge is 2.14. The molecule has 0 bridgehead atoms. The summed E-state index contributed by atoms with van der Waals surface area (Å²) in [7, 11) is 1.76. The van der Waals surface area contributed by atoms with Gasteiger partial charge in [-0.15, -0.1) is 0 Å². The van der Waals surface area contributed by atoms with Crippen molar-refractivity contribution in [2.75, 3.05) is 0 Å². The molecular weight excluding hydrogens is 236 g/mol. The molecule has 0 atom stereocenters. The standard InChI is InChI=1S/C11H10N4OS/c1-7-12-10(17-13-7)15-9-6-4-3-5-8(9)14(2)11(15)16/h3-6H,1-2H3. The van der Waals surface area contributed by atoms with Gasteiger partial charge in [-0.3, -0.25) is 4.57 Å². The van der Waals surface area contributed by atoms with Gasteiger partial charge in [-0.2, -0.15) is 4.37 Å². The van der Waals surface area contributed by atoms with Crippen molar-refractivity contribution in [1.82, 2.24) is 18.5 Å². The summed E-state index contributed by atoms with van der Waals surface area (Å²) in [5.74, 6) is 0.685. The Labute approximate surface area is 101 Å². The molecule has 0 N–H and O–H groups in total. The maximum atomic E-state index is 12.2. The molecule has 0 unspecified atom stereocenters. The van der Waals surface area contributed by atoms with Crippen LogP contribution >= 0.6 is 11.5 Å². The molecule has 2 heterocycles. The van der Waals surface area contributed by atoms with E-state index in [-0.39, 0.29) is 5.69 Å². The Morgan fingerprint density at radius 3 is 2.59 bits per heavy atom. The molecule has 3 aromatic rings. The molecule has 2 aromatic heterocycles. The summed E-state index contributed by atoms with van der Waals surface area (Å²) < 4.78 is 7.33. The van der Waals surface area contributed by atoms with Crippen LogP contribution in [0.4, 0.5) is 0 Å². The Morgan fingerprint density at radius 2 is 1.94 bits per heavy atom. The third kappa shape index (κ3) is 1.41. The van der Waals surface area contributed by atoms with E-state index < -0.39 is 0 Å². The summed E-state index contributed by atoms with van der Waals surface area (Å²) >= 11 is 1.23. The minimum Gasteiger partial charge on any atom is -0.295 e. The molecule has 0 aliphatic rings. The van der Waals surface area contributed by atoms with Crippen molar-refractivity contribution in [3.63, 3.8) is 0 Å². The minimum atomic E-state index is -0.0950. The van der Waals surface area contributed by atoms with Crippen LogP contribution in [0.5, 0.6) is 0 Å². The highest BCUT2D eigenvalue weighted by atomic mass is 32.1. The number of hydrogen-bond donors (Lipinski definition) is 0. The van der Waals surface area contributed by atoms with Crippen LogP contribution < -0.4 is 5.69 Å². The van der Waals surface area contributed by atoms with Crippen LogP contribution in [0.2, 0.25) is 0 Å². The Morgan fingerprint density at radius 1 is 1.24 bits per heavy atom. The molecule has 0 spiro atoms. The fourth-order valence-corrected chi connectivity index (χ4v) is 2.54. The molecule has 0 aliphatic heterocycles. The van der Waals surface area contributed by atoms with Gasteiger partial charge in [0.25, 0.3) is 0 Å². The first-order valence-corrected chi connectivity index (χ1v) is 5.93. The van der Waals surface area contributed by atoms with Crippen LogP contribution in [-0.4, -0.2) is 18.5 Å². The average molecular weight is 246 g/mol. The summed E-state index contributed by atoms with van der Waals surface area (Å²) in [5.41, 5.74) is 1.66. The largest absolute Gasteiger partial charge is 0.335 e. The van der Waals surface area contributed by atoms with E-state index in [0.717, 1.165) is 11.0 Å². The summed E-state index contributed by atoms with van der Waals surface area (Å²) in [6.45, 7) is 1.82. The zero-order valence-corrected chi connectivity index (χ0v) is 10.2. The Hall–Kier alpha value is -1.95. The van der Waals surface area contributed by atoms with Crippen molar-refractivity contribution >= 4 is 22.6 Å². The summed E-state index contributed by atoms with van der Waals surface area (Å²) in [5, 5.41) is 0.615. The number of aryl methyl sites for hydroxylation is 2. The van der Waals surface area contributed by atoms with Crippen molar-refractivity contribution in [2.24, 2.45) is 7.05 Å². The Balaban J connectivity index is 2.44. The molecule has 0 saturated heterocycles. The zero-order chi connectivity index (χ0) is 12.0. The van der Waals surface area contributed by atoms with E-state index >= 15 is 0 Å². The second-order valence-electron chi connectivity index (χ2n) is 3.79. The molecule has 17 heavy (non-hydrogen) atoms. The van der Waals surface area contributed by atoms with Gasteiger partial charge < -0.3 is 0 Å². The monoisotopic (exact) mass is 246 g/mol. The first-order valence-electron chi connectivity index (χ1n) is 5.15. The molecule has 0 amide bonds. The van der Waals surface area contributed by atoms with Gasteiger partial charge in [0.15, 0.2) is 0 Å². The smallest absolute Gasteiger partial charge is 0.295 e. The van der Waals surface area contributed by atoms with Crippen LogP contribution in [-0.2, 0) is 7.05 Å². The predicted molar refractivity (Wildman–Crippen MR) is 66.7 cm³/mol. The van der Waals surface area contributed by atoms with Crippen LogP contribution in [0.25, 0.3) is 16.2 Å². The first-order chi connectivity index (χ1) is 8.18. The molecule has 1 aromatic carbocycles. The van der Waals surface area contributed by atoms with Gasteiger partial charge in [-0.05, 0) is 19.1 Å². The lowest BCUT2D eigenvalue weighted by atomic mass is 10.3. The van der Waals surface area contributed by atoms with E-state index in [9.17, 15) is 4.79 Å². The molecule has 3 rings (SSSR count). The van der Waals surface area contributed by atoms with Gasteiger partial charge in [0.05, 0.1) is 11.0 Å². The maximum absolute atomic E-state index is 12.2.